The molecular formula is C27H30N4O3S. The number of hydrogen-bond acceptors (Lipinski definition) is 5. The highest BCUT2D eigenvalue weighted by atomic mass is 32.1. The second-order valence-corrected chi connectivity index (χ2v) is 11.1. The molecule has 2 aliphatic heterocycles. The van der Waals surface area contributed by atoms with E-state index in [4.69, 9.17) is 10.1 Å². The van der Waals surface area contributed by atoms with E-state index in [9.17, 15) is 9.59 Å². The van der Waals surface area contributed by atoms with E-state index in [1.807, 2.05) is 34.1 Å². The molecule has 1 saturated carbocycles. The third-order valence-electron chi connectivity index (χ3n) is 7.66. The first kappa shape index (κ1) is 22.5. The van der Waals surface area contributed by atoms with Gasteiger partial charge < -0.3 is 5.11 Å². The van der Waals surface area contributed by atoms with Gasteiger partial charge in [-0.05, 0) is 54.7 Å². The molecule has 35 heavy (non-hydrogen) atoms. The Bertz CT molecular complexity index is 1260. The third kappa shape index (κ3) is 4.41. The van der Waals surface area contributed by atoms with Crippen molar-refractivity contribution < 1.29 is 14.7 Å². The van der Waals surface area contributed by atoms with Gasteiger partial charge in [0.1, 0.15) is 5.01 Å². The van der Waals surface area contributed by atoms with Crippen molar-refractivity contribution >= 4 is 44.9 Å². The summed E-state index contributed by atoms with van der Waals surface area (Å²) >= 11 is 1.63. The molecule has 0 unspecified atom stereocenters. The van der Waals surface area contributed by atoms with E-state index < -0.39 is 5.97 Å². The fraction of sp³-hybridized carbons (Fsp3) is 0.444. The fourth-order valence-electron chi connectivity index (χ4n) is 5.64. The van der Waals surface area contributed by atoms with E-state index in [0.717, 1.165) is 26.6 Å². The van der Waals surface area contributed by atoms with E-state index >= 15 is 0 Å². The fourth-order valence-corrected chi connectivity index (χ4v) is 6.63. The number of carboxylic acid groups (broad SMARTS) is 1. The minimum atomic E-state index is -0.722. The summed E-state index contributed by atoms with van der Waals surface area (Å²) in [5.74, 6) is -0.367. The van der Waals surface area contributed by atoms with Gasteiger partial charge in [-0.2, -0.15) is 0 Å². The number of hydrogen-bond donors (Lipinski definition) is 1. The maximum Gasteiger partial charge on any atom is 0.329 e. The molecule has 7 nitrogen and oxygen atoms in total. The Balaban J connectivity index is 1.16. The molecule has 0 radical (unpaired) electrons. The number of benzene rings is 2. The van der Waals surface area contributed by atoms with Crippen molar-refractivity contribution in [2.75, 3.05) is 36.0 Å². The third-order valence-corrected chi connectivity index (χ3v) is 8.68. The molecule has 2 saturated heterocycles. The van der Waals surface area contributed by atoms with E-state index in [-0.39, 0.29) is 11.9 Å². The van der Waals surface area contributed by atoms with Crippen molar-refractivity contribution in [3.63, 3.8) is 0 Å². The molecule has 3 fully saturated rings. The Hall–Kier alpha value is -2.97. The first-order valence-electron chi connectivity index (χ1n) is 12.6. The van der Waals surface area contributed by atoms with Crippen LogP contribution in [0, 0.1) is 5.92 Å². The lowest BCUT2D eigenvalue weighted by Crippen LogP contribution is -2.49. The Morgan fingerprint density at radius 1 is 1.00 bits per heavy atom. The topological polar surface area (TPSA) is 77.0 Å². The van der Waals surface area contributed by atoms with Gasteiger partial charge in [-0.1, -0.05) is 31.4 Å². The van der Waals surface area contributed by atoms with Crippen LogP contribution in [0.2, 0.25) is 0 Å². The van der Waals surface area contributed by atoms with Crippen molar-refractivity contribution in [3.05, 3.63) is 53.0 Å². The molecule has 1 aliphatic carbocycles. The number of fused-ring (bicyclic) bond motifs is 1. The number of carbonyl (C=O) groups is 2. The maximum atomic E-state index is 13.4. The van der Waals surface area contributed by atoms with Gasteiger partial charge in [-0.3, -0.25) is 19.5 Å². The van der Waals surface area contributed by atoms with Crippen LogP contribution in [-0.4, -0.2) is 53.2 Å². The number of aromatic nitrogens is 1. The smallest absolute Gasteiger partial charge is 0.329 e. The Morgan fingerprint density at radius 2 is 1.74 bits per heavy atom. The minimum absolute atomic E-state index is 0.0147. The van der Waals surface area contributed by atoms with Gasteiger partial charge in [0.25, 0.3) is 0 Å². The molecule has 1 aromatic heterocycles. The second kappa shape index (κ2) is 9.24. The monoisotopic (exact) mass is 490 g/mol. The molecule has 1 N–H and O–H groups in total. The number of aliphatic carboxylic acids is 1. The number of amides is 2. The number of thiazole rings is 1. The van der Waals surface area contributed by atoms with Gasteiger partial charge >= 0.3 is 12.0 Å². The summed E-state index contributed by atoms with van der Waals surface area (Å²) in [4.78, 5) is 35.1. The molecule has 8 heteroatoms. The van der Waals surface area contributed by atoms with Crippen molar-refractivity contribution in [1.82, 2.24) is 9.88 Å². The standard InChI is InChI=1S/C27H30N4O3S/c32-26(33)20-15-29(16-20)17-25-28-23-14-22(9-10-24(23)35-25)31-12-11-30(27(31)34)21-8-4-7-19(13-21)18-5-2-1-3-6-18/h4,7-10,13-14,18,20H,1-3,5-6,11-12,15-17H2,(H,32,33). The van der Waals surface area contributed by atoms with Crippen molar-refractivity contribution in [2.24, 2.45) is 5.92 Å². The lowest BCUT2D eigenvalue weighted by Gasteiger charge is -2.35. The summed E-state index contributed by atoms with van der Waals surface area (Å²) in [5, 5.41) is 10.1. The van der Waals surface area contributed by atoms with Crippen LogP contribution >= 0.6 is 11.3 Å². The second-order valence-electron chi connectivity index (χ2n) is 10.0. The zero-order valence-electron chi connectivity index (χ0n) is 19.7. The predicted octanol–water partition coefficient (Wildman–Crippen LogP) is 5.31. The van der Waals surface area contributed by atoms with Gasteiger partial charge in [0.05, 0.1) is 22.7 Å². The van der Waals surface area contributed by atoms with Crippen LogP contribution in [0.15, 0.2) is 42.5 Å². The molecule has 0 spiro atoms. The normalized spacial score (nSPS) is 20.1. The van der Waals surface area contributed by atoms with Crippen LogP contribution < -0.4 is 9.80 Å². The molecule has 2 amide bonds. The number of anilines is 2. The molecule has 3 aromatic rings. The Kier molecular flexibility index (Phi) is 5.94. The summed E-state index contributed by atoms with van der Waals surface area (Å²) in [6, 6.07) is 14.6. The zero-order valence-corrected chi connectivity index (χ0v) is 20.5. The molecule has 182 valence electrons. The minimum Gasteiger partial charge on any atom is -0.481 e. The van der Waals surface area contributed by atoms with Crippen molar-refractivity contribution in [1.29, 1.82) is 0 Å². The van der Waals surface area contributed by atoms with Crippen LogP contribution in [0.1, 0.15) is 48.6 Å². The Morgan fingerprint density at radius 3 is 2.49 bits per heavy atom. The molecular weight excluding hydrogens is 460 g/mol. The number of carbonyl (C=O) groups excluding carboxylic acids is 1. The SMILES string of the molecule is O=C(O)C1CN(Cc2nc3cc(N4CCN(c5cccc(C6CCCCC6)c5)C4=O)ccc3s2)C1. The average molecular weight is 491 g/mol. The van der Waals surface area contributed by atoms with Crippen LogP contribution in [0.25, 0.3) is 10.2 Å². The van der Waals surface area contributed by atoms with Gasteiger partial charge in [0.2, 0.25) is 0 Å². The number of urea groups is 1. The summed E-state index contributed by atoms with van der Waals surface area (Å²) in [6.45, 7) is 3.16. The maximum absolute atomic E-state index is 13.4. The molecule has 0 atom stereocenters. The molecule has 3 aliphatic rings. The summed E-state index contributed by atoms with van der Waals surface area (Å²) in [7, 11) is 0. The predicted molar refractivity (Wildman–Crippen MR) is 138 cm³/mol. The van der Waals surface area contributed by atoms with Gasteiger partial charge in [-0.25, -0.2) is 9.78 Å². The van der Waals surface area contributed by atoms with Crippen molar-refractivity contribution in [2.45, 2.75) is 44.6 Å². The van der Waals surface area contributed by atoms with Crippen LogP contribution in [0.3, 0.4) is 0 Å². The van der Waals surface area contributed by atoms with E-state index in [2.05, 4.69) is 23.1 Å². The quantitative estimate of drug-likeness (QED) is 0.507. The van der Waals surface area contributed by atoms with Crippen LogP contribution in [0.4, 0.5) is 16.2 Å². The summed E-state index contributed by atoms with van der Waals surface area (Å²) in [6.07, 6.45) is 6.43. The highest BCUT2D eigenvalue weighted by molar-refractivity contribution is 7.18. The van der Waals surface area contributed by atoms with Gasteiger partial charge in [-0.15, -0.1) is 11.3 Å². The average Bonchev–Trinajstić information content (AvgIpc) is 3.43. The first-order valence-corrected chi connectivity index (χ1v) is 13.4. The zero-order chi connectivity index (χ0) is 23.9. The Labute approximate surface area is 209 Å². The van der Waals surface area contributed by atoms with Crippen LogP contribution in [-0.2, 0) is 11.3 Å². The largest absolute Gasteiger partial charge is 0.481 e. The number of likely N-dealkylation sites (tertiary alicyclic amines) is 1. The van der Waals surface area contributed by atoms with E-state index in [1.54, 1.807) is 11.3 Å². The highest BCUT2D eigenvalue weighted by Crippen LogP contribution is 2.36. The molecule has 3 heterocycles. The summed E-state index contributed by atoms with van der Waals surface area (Å²) < 4.78 is 1.09. The van der Waals surface area contributed by atoms with Crippen LogP contribution in [0.5, 0.6) is 0 Å². The van der Waals surface area contributed by atoms with Crippen molar-refractivity contribution in [3.8, 4) is 0 Å². The highest BCUT2D eigenvalue weighted by Gasteiger charge is 2.33. The molecule has 2 aromatic carbocycles. The lowest BCUT2D eigenvalue weighted by molar-refractivity contribution is -0.147. The molecule has 0 bridgehead atoms. The first-order chi connectivity index (χ1) is 17.0. The van der Waals surface area contributed by atoms with E-state index in [1.165, 1.54) is 37.7 Å². The lowest BCUT2D eigenvalue weighted by atomic mass is 9.84. The molecule has 6 rings (SSSR count). The number of nitrogens with zero attached hydrogens (tertiary/aromatic N) is 4. The van der Waals surface area contributed by atoms with Gasteiger partial charge in [0.15, 0.2) is 0 Å². The number of carboxylic acids is 1. The summed E-state index contributed by atoms with van der Waals surface area (Å²) in [5.41, 5.74) is 4.12. The van der Waals surface area contributed by atoms with Gasteiger partial charge in [0, 0.05) is 37.6 Å². The number of rotatable bonds is 6. The van der Waals surface area contributed by atoms with E-state index in [0.29, 0.717) is 38.6 Å².